The number of ether oxygens (including phenoxy) is 1. The van der Waals surface area contributed by atoms with Gasteiger partial charge in [0.2, 0.25) is 0 Å². The van der Waals surface area contributed by atoms with Crippen molar-refractivity contribution < 1.29 is 9.53 Å². The highest BCUT2D eigenvalue weighted by atomic mass is 16.5. The molecule has 0 aliphatic heterocycles. The lowest BCUT2D eigenvalue weighted by molar-refractivity contribution is -0.140. The standard InChI is InChI=1S/C18H28O2/c1-17(2,3)14-10-8-9-13(11-12-15(19)20-7)16(14)18(4,5)6/h8-10H,11-12H2,1-7H3. The summed E-state index contributed by atoms with van der Waals surface area (Å²) in [6.45, 7) is 13.4. The first-order valence-corrected chi connectivity index (χ1v) is 7.27. The van der Waals surface area contributed by atoms with Gasteiger partial charge in [-0.3, -0.25) is 4.79 Å². The van der Waals surface area contributed by atoms with Gasteiger partial charge >= 0.3 is 5.97 Å². The zero-order chi connectivity index (χ0) is 15.6. The average molecular weight is 276 g/mol. The van der Waals surface area contributed by atoms with E-state index < -0.39 is 0 Å². The molecule has 0 unspecified atom stereocenters. The second-order valence-corrected chi connectivity index (χ2v) is 7.42. The summed E-state index contributed by atoms with van der Waals surface area (Å²) in [6.07, 6.45) is 1.18. The van der Waals surface area contributed by atoms with Crippen molar-refractivity contribution in [3.05, 3.63) is 34.9 Å². The third kappa shape index (κ3) is 4.09. The normalized spacial score (nSPS) is 12.3. The second kappa shape index (κ2) is 5.99. The van der Waals surface area contributed by atoms with E-state index in [-0.39, 0.29) is 16.8 Å². The fourth-order valence-electron chi connectivity index (χ4n) is 2.66. The van der Waals surface area contributed by atoms with Crippen LogP contribution in [0.2, 0.25) is 0 Å². The monoisotopic (exact) mass is 276 g/mol. The molecule has 0 radical (unpaired) electrons. The van der Waals surface area contributed by atoms with Gasteiger partial charge in [-0.2, -0.15) is 0 Å². The smallest absolute Gasteiger partial charge is 0.305 e. The van der Waals surface area contributed by atoms with E-state index in [1.165, 1.54) is 23.8 Å². The Balaban J connectivity index is 3.27. The Labute approximate surface area is 123 Å². The minimum atomic E-state index is -0.147. The van der Waals surface area contributed by atoms with Crippen molar-refractivity contribution in [3.8, 4) is 0 Å². The lowest BCUT2D eigenvalue weighted by Gasteiger charge is -2.32. The molecule has 2 nitrogen and oxygen atoms in total. The van der Waals surface area contributed by atoms with Crippen LogP contribution in [-0.2, 0) is 26.8 Å². The van der Waals surface area contributed by atoms with Gasteiger partial charge in [0, 0.05) is 6.42 Å². The van der Waals surface area contributed by atoms with E-state index in [1.807, 2.05) is 0 Å². The van der Waals surface area contributed by atoms with Crippen LogP contribution in [0.3, 0.4) is 0 Å². The molecule has 0 saturated heterocycles. The first kappa shape index (κ1) is 16.7. The number of carbonyl (C=O) groups is 1. The Morgan fingerprint density at radius 2 is 1.65 bits per heavy atom. The first-order valence-electron chi connectivity index (χ1n) is 7.27. The van der Waals surface area contributed by atoms with Gasteiger partial charge in [-0.25, -0.2) is 0 Å². The number of aryl methyl sites for hydroxylation is 1. The minimum Gasteiger partial charge on any atom is -0.469 e. The third-order valence-electron chi connectivity index (χ3n) is 3.53. The van der Waals surface area contributed by atoms with Crippen molar-refractivity contribution in [1.29, 1.82) is 0 Å². The molecule has 0 spiro atoms. The Morgan fingerprint density at radius 3 is 2.10 bits per heavy atom. The maximum Gasteiger partial charge on any atom is 0.305 e. The molecule has 0 bridgehead atoms. The average Bonchev–Trinajstić information content (AvgIpc) is 2.33. The van der Waals surface area contributed by atoms with Crippen molar-refractivity contribution in [2.24, 2.45) is 0 Å². The number of rotatable bonds is 3. The van der Waals surface area contributed by atoms with Crippen molar-refractivity contribution in [2.45, 2.75) is 65.2 Å². The predicted octanol–water partition coefficient (Wildman–Crippen LogP) is 4.39. The molecule has 1 rings (SSSR count). The van der Waals surface area contributed by atoms with Gasteiger partial charge in [0.1, 0.15) is 0 Å². The Hall–Kier alpha value is -1.31. The quantitative estimate of drug-likeness (QED) is 0.765. The van der Waals surface area contributed by atoms with Crippen LogP contribution in [0.15, 0.2) is 18.2 Å². The highest BCUT2D eigenvalue weighted by Gasteiger charge is 2.27. The summed E-state index contributed by atoms with van der Waals surface area (Å²) in [5.74, 6) is -0.147. The molecule has 0 saturated carbocycles. The Kier molecular flexibility index (Phi) is 5.01. The van der Waals surface area contributed by atoms with Gasteiger partial charge in [-0.05, 0) is 33.9 Å². The molecule has 0 fully saturated rings. The third-order valence-corrected chi connectivity index (χ3v) is 3.53. The van der Waals surface area contributed by atoms with E-state index >= 15 is 0 Å². The Bertz CT molecular complexity index is 473. The fraction of sp³-hybridized carbons (Fsp3) is 0.611. The lowest BCUT2D eigenvalue weighted by atomic mass is 9.72. The van der Waals surface area contributed by atoms with E-state index in [9.17, 15) is 4.79 Å². The SMILES string of the molecule is COC(=O)CCc1cccc(C(C)(C)C)c1C(C)(C)C. The zero-order valence-electron chi connectivity index (χ0n) is 14.0. The highest BCUT2D eigenvalue weighted by molar-refractivity contribution is 5.69. The van der Waals surface area contributed by atoms with Crippen molar-refractivity contribution in [3.63, 3.8) is 0 Å². The van der Waals surface area contributed by atoms with Crippen LogP contribution in [-0.4, -0.2) is 13.1 Å². The molecule has 1 aromatic carbocycles. The minimum absolute atomic E-state index is 0.0648. The summed E-state index contributed by atoms with van der Waals surface area (Å²) in [7, 11) is 1.44. The fourth-order valence-corrected chi connectivity index (χ4v) is 2.66. The van der Waals surface area contributed by atoms with Crippen LogP contribution in [0.25, 0.3) is 0 Å². The Morgan fingerprint density at radius 1 is 1.05 bits per heavy atom. The maximum absolute atomic E-state index is 11.4. The number of hydrogen-bond acceptors (Lipinski definition) is 2. The van der Waals surface area contributed by atoms with Crippen LogP contribution < -0.4 is 0 Å². The van der Waals surface area contributed by atoms with Crippen LogP contribution in [0.5, 0.6) is 0 Å². The van der Waals surface area contributed by atoms with Crippen molar-refractivity contribution in [2.75, 3.05) is 7.11 Å². The molecule has 0 N–H and O–H groups in total. The van der Waals surface area contributed by atoms with Crippen LogP contribution >= 0.6 is 0 Å². The predicted molar refractivity (Wildman–Crippen MR) is 84.2 cm³/mol. The molecule has 0 aliphatic rings. The van der Waals surface area contributed by atoms with Crippen molar-refractivity contribution >= 4 is 5.97 Å². The number of carbonyl (C=O) groups excluding carboxylic acids is 1. The van der Waals surface area contributed by atoms with Gasteiger partial charge in [0.05, 0.1) is 7.11 Å². The number of benzene rings is 1. The largest absolute Gasteiger partial charge is 0.469 e. The zero-order valence-corrected chi connectivity index (χ0v) is 14.0. The highest BCUT2D eigenvalue weighted by Crippen LogP contribution is 2.36. The molecule has 1 aromatic rings. The molecule has 0 aliphatic carbocycles. The van der Waals surface area contributed by atoms with Crippen LogP contribution in [0.4, 0.5) is 0 Å². The summed E-state index contributed by atoms with van der Waals surface area (Å²) in [4.78, 5) is 11.4. The molecule has 112 valence electrons. The summed E-state index contributed by atoms with van der Waals surface area (Å²) >= 11 is 0. The maximum atomic E-state index is 11.4. The first-order chi connectivity index (χ1) is 9.07. The lowest BCUT2D eigenvalue weighted by Crippen LogP contribution is -2.24. The summed E-state index contributed by atoms with van der Waals surface area (Å²) < 4.78 is 4.76. The van der Waals surface area contributed by atoms with E-state index in [2.05, 4.69) is 59.7 Å². The van der Waals surface area contributed by atoms with E-state index in [1.54, 1.807) is 0 Å². The number of esters is 1. The summed E-state index contributed by atoms with van der Waals surface area (Å²) in [5.41, 5.74) is 4.17. The van der Waals surface area contributed by atoms with Gasteiger partial charge in [-0.1, -0.05) is 59.7 Å². The molecular formula is C18H28O2. The molecule has 20 heavy (non-hydrogen) atoms. The van der Waals surface area contributed by atoms with Crippen molar-refractivity contribution in [1.82, 2.24) is 0 Å². The van der Waals surface area contributed by atoms with E-state index in [0.717, 1.165) is 6.42 Å². The van der Waals surface area contributed by atoms with Gasteiger partial charge in [0.15, 0.2) is 0 Å². The van der Waals surface area contributed by atoms with Crippen LogP contribution in [0, 0.1) is 0 Å². The molecule has 0 aromatic heterocycles. The van der Waals surface area contributed by atoms with Gasteiger partial charge in [0.25, 0.3) is 0 Å². The molecule has 2 heteroatoms. The van der Waals surface area contributed by atoms with Gasteiger partial charge < -0.3 is 4.74 Å². The van der Waals surface area contributed by atoms with E-state index in [0.29, 0.717) is 6.42 Å². The van der Waals surface area contributed by atoms with Crippen LogP contribution in [0.1, 0.15) is 64.7 Å². The van der Waals surface area contributed by atoms with E-state index in [4.69, 9.17) is 4.74 Å². The summed E-state index contributed by atoms with van der Waals surface area (Å²) in [5, 5.41) is 0. The van der Waals surface area contributed by atoms with Gasteiger partial charge in [-0.15, -0.1) is 0 Å². The molecule has 0 amide bonds. The second-order valence-electron chi connectivity index (χ2n) is 7.42. The molecular weight excluding hydrogens is 248 g/mol. The topological polar surface area (TPSA) is 26.3 Å². The number of hydrogen-bond donors (Lipinski definition) is 0. The summed E-state index contributed by atoms with van der Waals surface area (Å²) in [6, 6.07) is 6.45. The number of methoxy groups -OCH3 is 1. The molecule has 0 atom stereocenters. The molecule has 0 heterocycles.